The molecular weight excluding hydrogens is 543 g/mol. The number of fused-ring (bicyclic) bond motifs is 2. The van der Waals surface area contributed by atoms with Crippen LogP contribution in [0.5, 0.6) is 0 Å². The van der Waals surface area contributed by atoms with Gasteiger partial charge in [-0.1, -0.05) is 35.4 Å². The quantitative estimate of drug-likeness (QED) is 0.232. The monoisotopic (exact) mass is 564 g/mol. The molecule has 0 bridgehead atoms. The number of pyridine rings is 4. The summed E-state index contributed by atoms with van der Waals surface area (Å²) < 4.78 is 3.60. The second kappa shape index (κ2) is 9.01. The smallest absolute Gasteiger partial charge is 0.396 e. The zero-order valence-corrected chi connectivity index (χ0v) is 21.7. The third-order valence-electron chi connectivity index (χ3n) is 6.37. The summed E-state index contributed by atoms with van der Waals surface area (Å²) in [5, 5.41) is 0. The van der Waals surface area contributed by atoms with Gasteiger partial charge in [0.15, 0.2) is 0 Å². The van der Waals surface area contributed by atoms with Crippen LogP contribution in [0.2, 0.25) is 0 Å². The summed E-state index contributed by atoms with van der Waals surface area (Å²) in [5.74, 6) is 1.42. The molecule has 0 aromatic carbocycles. The minimum Gasteiger partial charge on any atom is -0.396 e. The topological polar surface area (TPSA) is 87.2 Å². The van der Waals surface area contributed by atoms with Gasteiger partial charge in [-0.25, -0.2) is 0 Å². The second-order valence-corrected chi connectivity index (χ2v) is 9.08. The van der Waals surface area contributed by atoms with Crippen molar-refractivity contribution in [3.05, 3.63) is 96.1 Å². The first-order valence-electron chi connectivity index (χ1n) is 11.3. The van der Waals surface area contributed by atoms with Crippen LogP contribution >= 0.6 is 0 Å². The molecule has 6 aromatic heterocycles. The Kier molecular flexibility index (Phi) is 5.99. The summed E-state index contributed by atoms with van der Waals surface area (Å²) in [4.78, 5) is 27.8. The molecule has 36 heavy (non-hydrogen) atoms. The van der Waals surface area contributed by atoms with Crippen LogP contribution in [-0.4, -0.2) is 39.0 Å². The van der Waals surface area contributed by atoms with Gasteiger partial charge >= 0.3 is 20.4 Å². The molecule has 0 aliphatic rings. The van der Waals surface area contributed by atoms with Gasteiger partial charge in [0.2, 0.25) is 0 Å². The van der Waals surface area contributed by atoms with Crippen LogP contribution in [0.15, 0.2) is 60.9 Å². The van der Waals surface area contributed by atoms with E-state index in [1.807, 2.05) is 62.4 Å². The first-order valence-corrected chi connectivity index (χ1v) is 11.3. The fourth-order valence-corrected chi connectivity index (χ4v) is 4.21. The zero-order valence-electron chi connectivity index (χ0n) is 20.2. The molecule has 0 saturated heterocycles. The fraction of sp³-hybridized carbons (Fsp3) is 0.185. The molecule has 0 saturated carbocycles. The minimum atomic E-state index is -0.481. The average molecular weight is 565 g/mol. The Morgan fingerprint density at radius 2 is 1.11 bits per heavy atom. The Balaban J connectivity index is 0.00000267. The van der Waals surface area contributed by atoms with Crippen LogP contribution in [0.25, 0.3) is 34.0 Å². The van der Waals surface area contributed by atoms with Crippen molar-refractivity contribution in [3.63, 3.8) is 0 Å². The SMILES string of the molecule is Cc1ccnc2c1n[c-]n2-c1cccc(C(C)(C)c2cccc(-n3[c-]nc4c(C)ccnc43)n2)n1.[Pd+2]. The molecule has 6 aromatic rings. The molecule has 0 fully saturated rings. The van der Waals surface area contributed by atoms with E-state index < -0.39 is 5.41 Å². The minimum absolute atomic E-state index is 0. The van der Waals surface area contributed by atoms with Crippen molar-refractivity contribution in [1.29, 1.82) is 0 Å². The van der Waals surface area contributed by atoms with E-state index in [0.29, 0.717) is 11.6 Å². The van der Waals surface area contributed by atoms with Crippen LogP contribution in [0.3, 0.4) is 0 Å². The summed E-state index contributed by atoms with van der Waals surface area (Å²) in [7, 11) is 0. The van der Waals surface area contributed by atoms with E-state index in [1.165, 1.54) is 0 Å². The van der Waals surface area contributed by atoms with E-state index in [9.17, 15) is 0 Å². The number of aryl methyl sites for hydroxylation is 2. The van der Waals surface area contributed by atoms with Crippen molar-refractivity contribution in [2.24, 2.45) is 0 Å². The van der Waals surface area contributed by atoms with E-state index in [2.05, 4.69) is 46.4 Å². The molecule has 9 heteroatoms. The van der Waals surface area contributed by atoms with Crippen LogP contribution < -0.4 is 0 Å². The zero-order chi connectivity index (χ0) is 24.2. The van der Waals surface area contributed by atoms with Crippen molar-refractivity contribution < 1.29 is 20.4 Å². The molecular formula is C27H22N8Pd. The normalized spacial score (nSPS) is 11.7. The Morgan fingerprint density at radius 3 is 1.56 bits per heavy atom. The van der Waals surface area contributed by atoms with Crippen LogP contribution in [0.1, 0.15) is 36.4 Å². The van der Waals surface area contributed by atoms with E-state index in [0.717, 1.165) is 44.8 Å². The number of hydrogen-bond donors (Lipinski definition) is 0. The van der Waals surface area contributed by atoms with Crippen molar-refractivity contribution in [3.8, 4) is 11.6 Å². The van der Waals surface area contributed by atoms with E-state index in [-0.39, 0.29) is 20.4 Å². The maximum Gasteiger partial charge on any atom is 2.00 e. The first-order chi connectivity index (χ1) is 16.9. The number of hydrogen-bond acceptors (Lipinski definition) is 6. The third kappa shape index (κ3) is 3.81. The van der Waals surface area contributed by atoms with Crippen LogP contribution in [0, 0.1) is 26.5 Å². The van der Waals surface area contributed by atoms with Gasteiger partial charge in [0.1, 0.15) is 0 Å². The van der Waals surface area contributed by atoms with Crippen LogP contribution in [-0.2, 0) is 25.8 Å². The molecule has 6 heterocycles. The van der Waals surface area contributed by atoms with Gasteiger partial charge in [-0.15, -0.1) is 0 Å². The summed E-state index contributed by atoms with van der Waals surface area (Å²) in [6.45, 7) is 8.25. The second-order valence-electron chi connectivity index (χ2n) is 9.08. The van der Waals surface area contributed by atoms with Crippen LogP contribution in [0.4, 0.5) is 0 Å². The number of nitrogens with zero attached hydrogens (tertiary/aromatic N) is 8. The molecule has 180 valence electrons. The van der Waals surface area contributed by atoms with E-state index in [1.54, 1.807) is 21.5 Å². The van der Waals surface area contributed by atoms with Crippen molar-refractivity contribution in [2.75, 3.05) is 0 Å². The van der Waals surface area contributed by atoms with Crippen molar-refractivity contribution >= 4 is 22.3 Å². The van der Waals surface area contributed by atoms with E-state index >= 15 is 0 Å². The molecule has 0 N–H and O–H groups in total. The molecule has 6 rings (SSSR count). The summed E-state index contributed by atoms with van der Waals surface area (Å²) in [6.07, 6.45) is 9.64. The number of imidazole rings is 2. The number of aromatic nitrogens is 8. The van der Waals surface area contributed by atoms with Gasteiger partial charge in [-0.05, 0) is 63.0 Å². The fourth-order valence-electron chi connectivity index (χ4n) is 4.21. The van der Waals surface area contributed by atoms with E-state index in [4.69, 9.17) is 9.97 Å². The number of rotatable bonds is 4. The Bertz CT molecular complexity index is 1590. The Labute approximate surface area is 222 Å². The van der Waals surface area contributed by atoms with Crippen molar-refractivity contribution in [2.45, 2.75) is 33.1 Å². The molecule has 0 unspecified atom stereocenters. The summed E-state index contributed by atoms with van der Waals surface area (Å²) in [5.41, 5.74) is 6.47. The van der Waals surface area contributed by atoms with Gasteiger partial charge in [0, 0.05) is 53.1 Å². The maximum atomic E-state index is 4.97. The van der Waals surface area contributed by atoms with Gasteiger partial charge in [0.25, 0.3) is 0 Å². The molecule has 0 aliphatic heterocycles. The van der Waals surface area contributed by atoms with Gasteiger partial charge in [-0.3, -0.25) is 19.9 Å². The van der Waals surface area contributed by atoms with Gasteiger partial charge in [0.05, 0.1) is 11.6 Å². The predicted molar refractivity (Wildman–Crippen MR) is 133 cm³/mol. The van der Waals surface area contributed by atoms with Crippen molar-refractivity contribution in [1.82, 2.24) is 39.0 Å². The van der Waals surface area contributed by atoms with Gasteiger partial charge < -0.3 is 19.1 Å². The molecule has 0 spiro atoms. The Hall–Kier alpha value is -3.80. The predicted octanol–water partition coefficient (Wildman–Crippen LogP) is 4.49. The summed E-state index contributed by atoms with van der Waals surface area (Å²) in [6, 6.07) is 15.8. The molecule has 0 amide bonds. The molecule has 0 radical (unpaired) electrons. The Morgan fingerprint density at radius 1 is 0.667 bits per heavy atom. The first kappa shape index (κ1) is 23.9. The van der Waals surface area contributed by atoms with Gasteiger partial charge in [-0.2, -0.15) is 0 Å². The third-order valence-corrected chi connectivity index (χ3v) is 6.37. The largest absolute Gasteiger partial charge is 2.00 e. The molecule has 8 nitrogen and oxygen atoms in total. The summed E-state index contributed by atoms with van der Waals surface area (Å²) >= 11 is 0. The standard InChI is InChI=1S/C27H22N8.Pd/c1-17-11-13-28-25-23(17)30-15-34(25)21-9-5-7-19(32-21)27(3,4)20-8-6-10-22(33-20)35-16-31-24-18(2)12-14-29-26(24)35;/h5-14H,1-4H3;/q-2;+2. The molecule has 0 atom stereocenters. The molecule has 0 aliphatic carbocycles. The maximum absolute atomic E-state index is 4.97. The average Bonchev–Trinajstić information content (AvgIpc) is 3.51.